The summed E-state index contributed by atoms with van der Waals surface area (Å²) in [6.07, 6.45) is 1.87. The molecular weight excluding hydrogens is 764 g/mol. The molecule has 6 aromatic rings. The molecule has 0 spiro atoms. The number of benzene rings is 4. The van der Waals surface area contributed by atoms with E-state index in [0.29, 0.717) is 49.9 Å². The second kappa shape index (κ2) is 13.8. The summed E-state index contributed by atoms with van der Waals surface area (Å²) in [5, 5.41) is 10.7. The Bertz CT molecular complexity index is 2900. The van der Waals surface area contributed by atoms with Gasteiger partial charge in [-0.15, -0.1) is 0 Å². The summed E-state index contributed by atoms with van der Waals surface area (Å²) in [4.78, 5) is 78.2. The van der Waals surface area contributed by atoms with Crippen molar-refractivity contribution in [2.24, 2.45) is 13.0 Å². The highest BCUT2D eigenvalue weighted by Crippen LogP contribution is 2.62. The van der Waals surface area contributed by atoms with Crippen LogP contribution in [0.2, 0.25) is 5.02 Å². The number of allylic oxidation sites excluding steroid dienone is 2. The topological polar surface area (TPSA) is 160 Å². The Kier molecular flexibility index (Phi) is 8.77. The molecule has 1 aliphatic carbocycles. The number of ether oxygens (including phenoxy) is 2. The van der Waals surface area contributed by atoms with Gasteiger partial charge in [-0.05, 0) is 53.5 Å². The lowest BCUT2D eigenvalue weighted by Crippen LogP contribution is -2.53. The van der Waals surface area contributed by atoms with E-state index in [0.717, 1.165) is 4.57 Å². The van der Waals surface area contributed by atoms with Crippen LogP contribution >= 0.6 is 11.6 Å². The number of hydrogen-bond acceptors (Lipinski definition) is 9. The highest BCUT2D eigenvalue weighted by atomic mass is 35.5. The number of imide groups is 1. The van der Waals surface area contributed by atoms with Crippen LogP contribution in [0.5, 0.6) is 17.2 Å². The number of phenols is 1. The zero-order chi connectivity index (χ0) is 40.6. The molecular formula is C43H37ClN6O8. The van der Waals surface area contributed by atoms with Gasteiger partial charge in [-0.3, -0.25) is 14.4 Å². The summed E-state index contributed by atoms with van der Waals surface area (Å²) in [5.74, 6) is -1.80. The number of rotatable bonds is 8. The number of methoxy groups -OCH3 is 2. The summed E-state index contributed by atoms with van der Waals surface area (Å²) in [6.45, 7) is -0.138. The van der Waals surface area contributed by atoms with E-state index < -0.39 is 52.0 Å². The van der Waals surface area contributed by atoms with Crippen molar-refractivity contribution in [3.8, 4) is 17.2 Å². The van der Waals surface area contributed by atoms with Crippen LogP contribution in [-0.4, -0.2) is 54.6 Å². The summed E-state index contributed by atoms with van der Waals surface area (Å²) in [7, 11) is 4.61. The standard InChI is InChI=1S/C43H37ClN6O8/c1-46-34-23-36(58-3)35(57-2)22-32(34)45-31(39(46)53)17-18-47-41(55)48-19-16-29-33(50(48)42(47)56)21-30-38(52)49(27-11-7-10-26(44)20-27)40(54)43(30,25-8-5-4-6-9-25)37(29)24-12-14-28(51)15-13-24/h4-16,20,22-23,30,33,37,51H,17-19,21H2,1-3H3/t30-,33+,37-,43+/m0/s1. The third-order valence-electron chi connectivity index (χ3n) is 12.0. The maximum Gasteiger partial charge on any atom is 0.347 e. The molecule has 294 valence electrons. The third-order valence-corrected chi connectivity index (χ3v) is 12.2. The zero-order valence-corrected chi connectivity index (χ0v) is 32.4. The van der Waals surface area contributed by atoms with Crippen molar-refractivity contribution >= 4 is 40.1 Å². The fourth-order valence-corrected chi connectivity index (χ4v) is 9.56. The highest BCUT2D eigenvalue weighted by molar-refractivity contribution is 6.32. The number of phenolic OH excluding ortho intramolecular Hbond substituents is 1. The molecule has 1 N–H and O–H groups in total. The fraction of sp³-hybridized carbons (Fsp3) is 0.256. The molecule has 1 saturated heterocycles. The molecule has 0 bridgehead atoms. The van der Waals surface area contributed by atoms with Crippen LogP contribution < -0.4 is 31.3 Å². The van der Waals surface area contributed by atoms with Crippen LogP contribution in [0.3, 0.4) is 0 Å². The molecule has 1 saturated carbocycles. The molecule has 0 unspecified atom stereocenters. The Labute approximate surface area is 335 Å². The van der Waals surface area contributed by atoms with E-state index in [1.807, 2.05) is 36.4 Å². The third kappa shape index (κ3) is 5.31. The highest BCUT2D eigenvalue weighted by Gasteiger charge is 2.68. The monoisotopic (exact) mass is 800 g/mol. The smallest absolute Gasteiger partial charge is 0.347 e. The number of halogens is 1. The first-order chi connectivity index (χ1) is 28.0. The van der Waals surface area contributed by atoms with Crippen molar-refractivity contribution in [1.82, 2.24) is 23.5 Å². The number of aromatic hydroxyl groups is 1. The quantitative estimate of drug-likeness (QED) is 0.173. The Hall–Kier alpha value is -6.67. The van der Waals surface area contributed by atoms with Gasteiger partial charge in [0.1, 0.15) is 11.4 Å². The Morgan fingerprint density at radius 2 is 1.60 bits per heavy atom. The van der Waals surface area contributed by atoms with Crippen molar-refractivity contribution < 1.29 is 24.2 Å². The average molecular weight is 801 g/mol. The number of fused-ring (bicyclic) bond motifs is 5. The molecule has 4 heterocycles. The van der Waals surface area contributed by atoms with Gasteiger partial charge < -0.3 is 19.1 Å². The lowest BCUT2D eigenvalue weighted by atomic mass is 9.53. The van der Waals surface area contributed by atoms with Gasteiger partial charge in [0, 0.05) is 43.1 Å². The van der Waals surface area contributed by atoms with Gasteiger partial charge in [0.05, 0.1) is 54.9 Å². The van der Waals surface area contributed by atoms with Crippen LogP contribution in [0.1, 0.15) is 35.2 Å². The van der Waals surface area contributed by atoms with Crippen LogP contribution in [0.25, 0.3) is 11.0 Å². The summed E-state index contributed by atoms with van der Waals surface area (Å²) >= 11 is 6.40. The minimum absolute atomic E-state index is 0.00872. The van der Waals surface area contributed by atoms with E-state index in [1.54, 1.807) is 55.6 Å². The normalized spacial score (nSPS) is 21.1. The molecule has 4 atom stereocenters. The Morgan fingerprint density at radius 3 is 2.31 bits per heavy atom. The lowest BCUT2D eigenvalue weighted by Gasteiger charge is -2.49. The zero-order valence-electron chi connectivity index (χ0n) is 31.7. The van der Waals surface area contributed by atoms with E-state index in [9.17, 15) is 24.3 Å². The van der Waals surface area contributed by atoms with Gasteiger partial charge in [-0.25, -0.2) is 33.4 Å². The lowest BCUT2D eigenvalue weighted by molar-refractivity contribution is -0.124. The summed E-state index contributed by atoms with van der Waals surface area (Å²) in [5.41, 5.74) is 0.340. The molecule has 15 heteroatoms. The number of amides is 2. The van der Waals surface area contributed by atoms with Gasteiger partial charge >= 0.3 is 11.4 Å². The maximum absolute atomic E-state index is 15.3. The summed E-state index contributed by atoms with van der Waals surface area (Å²) < 4.78 is 16.1. The molecule has 0 radical (unpaired) electrons. The molecule has 2 amide bonds. The van der Waals surface area contributed by atoms with Gasteiger partial charge in [0.25, 0.3) is 5.56 Å². The van der Waals surface area contributed by atoms with Gasteiger partial charge in [-0.1, -0.05) is 66.2 Å². The van der Waals surface area contributed by atoms with E-state index >= 15 is 4.79 Å². The maximum atomic E-state index is 15.3. The van der Waals surface area contributed by atoms with Crippen molar-refractivity contribution in [2.45, 2.75) is 43.3 Å². The van der Waals surface area contributed by atoms with Crippen LogP contribution in [0.15, 0.2) is 117 Å². The number of anilines is 1. The number of aromatic nitrogens is 5. The largest absolute Gasteiger partial charge is 0.508 e. The first-order valence-electron chi connectivity index (χ1n) is 18.7. The molecule has 2 aliphatic heterocycles. The van der Waals surface area contributed by atoms with Gasteiger partial charge in [0.2, 0.25) is 11.8 Å². The predicted octanol–water partition coefficient (Wildman–Crippen LogP) is 4.47. The first kappa shape index (κ1) is 36.9. The number of carbonyl (C=O) groups excluding carboxylic acids is 2. The average Bonchev–Trinajstić information content (AvgIpc) is 3.62. The molecule has 9 rings (SSSR count). The fourth-order valence-electron chi connectivity index (χ4n) is 9.38. The Balaban J connectivity index is 1.17. The van der Waals surface area contributed by atoms with Crippen molar-refractivity contribution in [2.75, 3.05) is 19.1 Å². The minimum atomic E-state index is -1.47. The minimum Gasteiger partial charge on any atom is -0.508 e. The van der Waals surface area contributed by atoms with Crippen LogP contribution in [0.4, 0.5) is 5.69 Å². The van der Waals surface area contributed by atoms with Gasteiger partial charge in [0.15, 0.2) is 11.5 Å². The predicted molar refractivity (Wildman–Crippen MR) is 215 cm³/mol. The molecule has 14 nitrogen and oxygen atoms in total. The molecule has 4 aromatic carbocycles. The second-order valence-electron chi connectivity index (χ2n) is 14.7. The SMILES string of the molecule is COc1cc2nc(CCn3c(=O)n4n(c3=O)[C@@H]3C[C@H]5C(=O)N(c6cccc(Cl)c6)C(=O)[C@@]5(c5ccccc5)[C@@H](c5ccc(O)cc5)C3=CC4)c(=O)n(C)c2cc1OC. The van der Waals surface area contributed by atoms with E-state index in [1.165, 1.54) is 45.2 Å². The van der Waals surface area contributed by atoms with Gasteiger partial charge in [-0.2, -0.15) is 0 Å². The molecule has 2 fully saturated rings. The molecule has 2 aromatic heterocycles. The van der Waals surface area contributed by atoms with Crippen molar-refractivity contribution in [3.63, 3.8) is 0 Å². The number of carbonyl (C=O) groups is 2. The van der Waals surface area contributed by atoms with E-state index in [-0.39, 0.29) is 37.4 Å². The second-order valence-corrected chi connectivity index (χ2v) is 15.2. The van der Waals surface area contributed by atoms with Crippen LogP contribution in [-0.2, 0) is 41.6 Å². The molecule has 3 aliphatic rings. The summed E-state index contributed by atoms with van der Waals surface area (Å²) in [6, 6.07) is 24.8. The van der Waals surface area contributed by atoms with Crippen molar-refractivity contribution in [1.29, 1.82) is 0 Å². The van der Waals surface area contributed by atoms with Crippen molar-refractivity contribution in [3.05, 3.63) is 156 Å². The molecule has 58 heavy (non-hydrogen) atoms. The van der Waals surface area contributed by atoms with E-state index in [2.05, 4.69) is 4.98 Å². The Morgan fingerprint density at radius 1 is 0.879 bits per heavy atom. The number of nitrogens with zero attached hydrogens (tertiary/aromatic N) is 6. The van der Waals surface area contributed by atoms with Crippen LogP contribution in [0, 0.1) is 5.92 Å². The number of aryl methyl sites for hydroxylation is 2. The van der Waals surface area contributed by atoms with E-state index in [4.69, 9.17) is 21.1 Å². The first-order valence-corrected chi connectivity index (χ1v) is 19.1. The number of hydrogen-bond donors (Lipinski definition) is 1.